The third kappa shape index (κ3) is 1.54. The summed E-state index contributed by atoms with van der Waals surface area (Å²) in [7, 11) is 0. The van der Waals surface area contributed by atoms with Gasteiger partial charge in [0.05, 0.1) is 10.6 Å². The lowest BCUT2D eigenvalue weighted by Gasteiger charge is -2.06. The fourth-order valence-electron chi connectivity index (χ4n) is 1.37. The summed E-state index contributed by atoms with van der Waals surface area (Å²) in [6.45, 7) is 2.45. The molecule has 0 aliphatic heterocycles. The van der Waals surface area contributed by atoms with E-state index in [1.165, 1.54) is 0 Å². The highest BCUT2D eigenvalue weighted by molar-refractivity contribution is 7.13. The number of nitrogens with zero attached hydrogens (tertiary/aromatic N) is 2. The van der Waals surface area contributed by atoms with E-state index < -0.39 is 0 Å². The molecule has 0 aliphatic rings. The van der Waals surface area contributed by atoms with Crippen LogP contribution in [0.15, 0.2) is 23.8 Å². The number of rotatable bonds is 2. The molecule has 0 fully saturated rings. The standard InChI is InChI=1S/C10H11N3S/c1-7-8(5-11)10(13-6-12-7)9-3-2-4-14-9/h2-4,6H,5,11H2,1H3. The van der Waals surface area contributed by atoms with Gasteiger partial charge in [-0.3, -0.25) is 0 Å². The van der Waals surface area contributed by atoms with Crippen LogP contribution in [0.3, 0.4) is 0 Å². The zero-order valence-corrected chi connectivity index (χ0v) is 8.71. The molecular formula is C10H11N3S. The van der Waals surface area contributed by atoms with E-state index in [1.807, 2.05) is 24.4 Å². The molecule has 2 aromatic heterocycles. The Balaban J connectivity index is 2.58. The van der Waals surface area contributed by atoms with Crippen LogP contribution in [0.1, 0.15) is 11.3 Å². The third-order valence-electron chi connectivity index (χ3n) is 2.12. The van der Waals surface area contributed by atoms with Gasteiger partial charge in [-0.1, -0.05) is 6.07 Å². The van der Waals surface area contributed by atoms with Crippen molar-refractivity contribution in [2.24, 2.45) is 5.73 Å². The summed E-state index contributed by atoms with van der Waals surface area (Å²) in [6, 6.07) is 4.06. The number of hydrogen-bond donors (Lipinski definition) is 1. The van der Waals surface area contributed by atoms with Crippen LogP contribution in [0.2, 0.25) is 0 Å². The maximum absolute atomic E-state index is 5.68. The van der Waals surface area contributed by atoms with E-state index >= 15 is 0 Å². The zero-order chi connectivity index (χ0) is 9.97. The smallest absolute Gasteiger partial charge is 0.116 e. The second kappa shape index (κ2) is 3.86. The summed E-state index contributed by atoms with van der Waals surface area (Å²) >= 11 is 1.67. The Morgan fingerprint density at radius 2 is 2.29 bits per heavy atom. The minimum absolute atomic E-state index is 0.486. The van der Waals surface area contributed by atoms with Crippen LogP contribution < -0.4 is 5.73 Å². The molecule has 2 heterocycles. The van der Waals surface area contributed by atoms with Crippen molar-refractivity contribution in [3.63, 3.8) is 0 Å². The molecule has 2 N–H and O–H groups in total. The first-order valence-electron chi connectivity index (χ1n) is 4.37. The molecule has 72 valence electrons. The molecule has 0 aromatic carbocycles. The van der Waals surface area contributed by atoms with Gasteiger partial charge in [-0.05, 0) is 18.4 Å². The van der Waals surface area contributed by atoms with Crippen molar-refractivity contribution >= 4 is 11.3 Å². The summed E-state index contributed by atoms with van der Waals surface area (Å²) in [5.74, 6) is 0. The van der Waals surface area contributed by atoms with Crippen LogP contribution in [-0.4, -0.2) is 9.97 Å². The van der Waals surface area contributed by atoms with Crippen LogP contribution in [-0.2, 0) is 6.54 Å². The summed E-state index contributed by atoms with van der Waals surface area (Å²) < 4.78 is 0. The Labute approximate surface area is 86.6 Å². The Morgan fingerprint density at radius 3 is 2.93 bits per heavy atom. The molecular weight excluding hydrogens is 194 g/mol. The number of aromatic nitrogens is 2. The van der Waals surface area contributed by atoms with Gasteiger partial charge < -0.3 is 5.73 Å². The lowest BCUT2D eigenvalue weighted by Crippen LogP contribution is -2.04. The fourth-order valence-corrected chi connectivity index (χ4v) is 2.12. The van der Waals surface area contributed by atoms with E-state index in [4.69, 9.17) is 5.73 Å². The van der Waals surface area contributed by atoms with Crippen LogP contribution in [0, 0.1) is 6.92 Å². The molecule has 0 bridgehead atoms. The highest BCUT2D eigenvalue weighted by Crippen LogP contribution is 2.26. The second-order valence-electron chi connectivity index (χ2n) is 2.97. The summed E-state index contributed by atoms with van der Waals surface area (Å²) in [4.78, 5) is 9.56. The lowest BCUT2D eigenvalue weighted by molar-refractivity contribution is 0.975. The van der Waals surface area contributed by atoms with Gasteiger partial charge in [-0.25, -0.2) is 9.97 Å². The van der Waals surface area contributed by atoms with Crippen LogP contribution in [0.5, 0.6) is 0 Å². The predicted molar refractivity (Wildman–Crippen MR) is 58.0 cm³/mol. The van der Waals surface area contributed by atoms with Crippen molar-refractivity contribution in [3.8, 4) is 10.6 Å². The van der Waals surface area contributed by atoms with Gasteiger partial charge in [0.1, 0.15) is 6.33 Å². The molecule has 0 unspecified atom stereocenters. The molecule has 2 rings (SSSR count). The van der Waals surface area contributed by atoms with E-state index in [1.54, 1.807) is 17.7 Å². The quantitative estimate of drug-likeness (QED) is 0.815. The molecule has 0 atom stereocenters. The summed E-state index contributed by atoms with van der Waals surface area (Å²) in [6.07, 6.45) is 1.59. The first-order valence-corrected chi connectivity index (χ1v) is 5.25. The molecule has 0 spiro atoms. The molecule has 4 heteroatoms. The average molecular weight is 205 g/mol. The number of nitrogens with two attached hydrogens (primary N) is 1. The lowest BCUT2D eigenvalue weighted by atomic mass is 10.1. The van der Waals surface area contributed by atoms with E-state index in [0.717, 1.165) is 21.8 Å². The number of hydrogen-bond acceptors (Lipinski definition) is 4. The minimum atomic E-state index is 0.486. The van der Waals surface area contributed by atoms with E-state index in [0.29, 0.717) is 6.54 Å². The highest BCUT2D eigenvalue weighted by atomic mass is 32.1. The van der Waals surface area contributed by atoms with Crippen LogP contribution in [0.25, 0.3) is 10.6 Å². The molecule has 14 heavy (non-hydrogen) atoms. The highest BCUT2D eigenvalue weighted by Gasteiger charge is 2.08. The van der Waals surface area contributed by atoms with Crippen molar-refractivity contribution in [2.45, 2.75) is 13.5 Å². The SMILES string of the molecule is Cc1ncnc(-c2cccs2)c1CN. The topological polar surface area (TPSA) is 51.8 Å². The first kappa shape index (κ1) is 9.30. The molecule has 2 aromatic rings. The van der Waals surface area contributed by atoms with Gasteiger partial charge in [0.25, 0.3) is 0 Å². The van der Waals surface area contributed by atoms with Crippen molar-refractivity contribution < 1.29 is 0 Å². The Kier molecular flexibility index (Phi) is 2.56. The second-order valence-corrected chi connectivity index (χ2v) is 3.92. The van der Waals surface area contributed by atoms with Crippen LogP contribution >= 0.6 is 11.3 Å². The maximum atomic E-state index is 5.68. The molecule has 0 aliphatic carbocycles. The molecule has 0 saturated heterocycles. The van der Waals surface area contributed by atoms with E-state index in [2.05, 4.69) is 9.97 Å². The fraction of sp³-hybridized carbons (Fsp3) is 0.200. The van der Waals surface area contributed by atoms with Crippen molar-refractivity contribution in [1.29, 1.82) is 0 Å². The first-order chi connectivity index (χ1) is 6.83. The van der Waals surface area contributed by atoms with Crippen molar-refractivity contribution in [1.82, 2.24) is 9.97 Å². The molecule has 0 amide bonds. The summed E-state index contributed by atoms with van der Waals surface area (Å²) in [5, 5.41) is 2.03. The monoisotopic (exact) mass is 205 g/mol. The third-order valence-corrected chi connectivity index (χ3v) is 3.00. The summed E-state index contributed by atoms with van der Waals surface area (Å²) in [5.41, 5.74) is 8.65. The Hall–Kier alpha value is -1.26. The largest absolute Gasteiger partial charge is 0.326 e. The van der Waals surface area contributed by atoms with Gasteiger partial charge in [-0.2, -0.15) is 0 Å². The average Bonchev–Trinajstić information content (AvgIpc) is 2.70. The molecule has 3 nitrogen and oxygen atoms in total. The number of thiophene rings is 1. The van der Waals surface area contributed by atoms with Crippen molar-refractivity contribution in [3.05, 3.63) is 35.1 Å². The Morgan fingerprint density at radius 1 is 1.43 bits per heavy atom. The van der Waals surface area contributed by atoms with Gasteiger partial charge in [0.15, 0.2) is 0 Å². The van der Waals surface area contributed by atoms with Crippen LogP contribution in [0.4, 0.5) is 0 Å². The number of aryl methyl sites for hydroxylation is 1. The molecule has 0 saturated carbocycles. The normalized spacial score (nSPS) is 10.4. The van der Waals surface area contributed by atoms with Gasteiger partial charge in [0, 0.05) is 17.8 Å². The predicted octanol–water partition coefficient (Wildman–Crippen LogP) is 1.97. The Bertz CT molecular complexity index is 423. The van der Waals surface area contributed by atoms with Gasteiger partial charge in [0.2, 0.25) is 0 Å². The van der Waals surface area contributed by atoms with E-state index in [-0.39, 0.29) is 0 Å². The van der Waals surface area contributed by atoms with Gasteiger partial charge in [-0.15, -0.1) is 11.3 Å². The van der Waals surface area contributed by atoms with E-state index in [9.17, 15) is 0 Å². The molecule has 0 radical (unpaired) electrons. The minimum Gasteiger partial charge on any atom is -0.326 e. The van der Waals surface area contributed by atoms with Crippen molar-refractivity contribution in [2.75, 3.05) is 0 Å². The maximum Gasteiger partial charge on any atom is 0.116 e. The zero-order valence-electron chi connectivity index (χ0n) is 7.90. The van der Waals surface area contributed by atoms with Gasteiger partial charge >= 0.3 is 0 Å².